The Morgan fingerprint density at radius 1 is 0.427 bits per heavy atom. The molecule has 2 saturated heterocycles. The third-order valence-corrected chi connectivity index (χ3v) is 17.5. The summed E-state index contributed by atoms with van der Waals surface area (Å²) in [6.45, 7) is 2.86. The molecule has 0 bridgehead atoms. The summed E-state index contributed by atoms with van der Waals surface area (Å²) in [4.78, 5) is 13.3. The fourth-order valence-corrected chi connectivity index (χ4v) is 11.9. The molecule has 2 aliphatic rings. The quantitative estimate of drug-likeness (QED) is 0.0204. The van der Waals surface area contributed by atoms with Gasteiger partial charge in [0.15, 0.2) is 12.6 Å². The van der Waals surface area contributed by atoms with Crippen molar-refractivity contribution >= 4 is 5.91 Å². The average molecular weight is 1170 g/mol. The van der Waals surface area contributed by atoms with E-state index in [-0.39, 0.29) is 18.9 Å². The normalized spacial score (nSPS) is 23.9. The molecule has 0 radical (unpaired) electrons. The number of aliphatic hydroxyl groups excluding tert-OH is 8. The van der Waals surface area contributed by atoms with Crippen LogP contribution in [0, 0.1) is 0 Å². The number of allylic oxidation sites excluding steroid dienone is 1. The van der Waals surface area contributed by atoms with Crippen LogP contribution in [0.15, 0.2) is 12.2 Å². The molecule has 1 amide bonds. The molecule has 0 spiro atoms. The van der Waals surface area contributed by atoms with Crippen molar-refractivity contribution < 1.29 is 64.6 Å². The van der Waals surface area contributed by atoms with E-state index in [1.165, 1.54) is 257 Å². The Hall–Kier alpha value is -1.27. The van der Waals surface area contributed by atoms with E-state index in [4.69, 9.17) is 18.9 Å². The van der Waals surface area contributed by atoms with Gasteiger partial charge in [0, 0.05) is 6.42 Å². The van der Waals surface area contributed by atoms with Crippen molar-refractivity contribution in [3.63, 3.8) is 0 Å². The Balaban J connectivity index is 1.67. The molecule has 2 fully saturated rings. The predicted molar refractivity (Wildman–Crippen MR) is 332 cm³/mol. The Bertz CT molecular complexity index is 1420. The Labute approximate surface area is 501 Å². The molecule has 0 aromatic heterocycles. The smallest absolute Gasteiger partial charge is 0.220 e. The minimum atomic E-state index is -1.79. The fourth-order valence-electron chi connectivity index (χ4n) is 11.9. The van der Waals surface area contributed by atoms with E-state index >= 15 is 0 Å². The van der Waals surface area contributed by atoms with Crippen LogP contribution in [0.2, 0.25) is 0 Å². The van der Waals surface area contributed by atoms with Crippen LogP contribution in [0.5, 0.6) is 0 Å². The molecule has 82 heavy (non-hydrogen) atoms. The summed E-state index contributed by atoms with van der Waals surface area (Å²) < 4.78 is 22.9. The van der Waals surface area contributed by atoms with Gasteiger partial charge in [-0.25, -0.2) is 0 Å². The van der Waals surface area contributed by atoms with Crippen molar-refractivity contribution in [3.05, 3.63) is 12.2 Å². The van der Waals surface area contributed by atoms with E-state index < -0.39 is 86.8 Å². The van der Waals surface area contributed by atoms with Crippen molar-refractivity contribution in [3.8, 4) is 0 Å². The molecule has 12 unspecified atom stereocenters. The Kier molecular flexibility index (Phi) is 50.5. The first-order chi connectivity index (χ1) is 40.1. The highest BCUT2D eigenvalue weighted by atomic mass is 16.7. The predicted octanol–water partition coefficient (Wildman–Crippen LogP) is 13.8. The molecule has 2 rings (SSSR count). The van der Waals surface area contributed by atoms with Crippen LogP contribution in [0.25, 0.3) is 0 Å². The van der Waals surface area contributed by atoms with Gasteiger partial charge in [0.1, 0.15) is 48.8 Å². The molecule has 14 nitrogen and oxygen atoms in total. The molecule has 0 saturated carbocycles. The maximum absolute atomic E-state index is 13.3. The number of carbonyl (C=O) groups excluding carboxylic acids is 1. The third kappa shape index (κ3) is 38.1. The highest BCUT2D eigenvalue weighted by molar-refractivity contribution is 5.76. The van der Waals surface area contributed by atoms with Gasteiger partial charge < -0.3 is 65.1 Å². The van der Waals surface area contributed by atoms with Crippen molar-refractivity contribution in [1.82, 2.24) is 5.32 Å². The number of nitrogens with one attached hydrogen (secondary N) is 1. The zero-order valence-corrected chi connectivity index (χ0v) is 52.8. The summed E-state index contributed by atoms with van der Waals surface area (Å²) in [6.07, 6.45) is 48.4. The minimum absolute atomic E-state index is 0.231. The van der Waals surface area contributed by atoms with Crippen LogP contribution < -0.4 is 5.32 Å². The second-order valence-electron chi connectivity index (χ2n) is 25.0. The van der Waals surface area contributed by atoms with Crippen LogP contribution in [0.3, 0.4) is 0 Å². The lowest BCUT2D eigenvalue weighted by molar-refractivity contribution is -0.359. The van der Waals surface area contributed by atoms with Gasteiger partial charge in [-0.15, -0.1) is 0 Å². The largest absolute Gasteiger partial charge is 0.394 e. The molecule has 12 atom stereocenters. The van der Waals surface area contributed by atoms with Crippen LogP contribution in [0.4, 0.5) is 0 Å². The standard InChI is InChI=1S/C68H131NO13/c1-3-5-7-9-11-13-15-17-19-21-23-25-26-27-28-29-30-31-32-34-36-38-40-42-44-46-48-50-52-60(73)69-56(57(72)51-49-47-45-43-41-39-37-35-33-24-22-20-18-16-14-12-10-8-6-4-2)55-79-67-65(78)63(76)66(59(54-71)81-67)82-68-64(77)62(75)61(74)58(53-70)80-68/h49,51,56-59,61-68,70-72,74-78H,3-48,50,52-55H2,1-2H3,(H,69,73)/b51-49+. The Morgan fingerprint density at radius 3 is 1.12 bits per heavy atom. The third-order valence-electron chi connectivity index (χ3n) is 17.5. The van der Waals surface area contributed by atoms with Gasteiger partial charge in [0.2, 0.25) is 5.91 Å². The molecule has 14 heteroatoms. The lowest BCUT2D eigenvalue weighted by Gasteiger charge is -2.46. The van der Waals surface area contributed by atoms with Gasteiger partial charge in [0.25, 0.3) is 0 Å². The second kappa shape index (κ2) is 53.9. The van der Waals surface area contributed by atoms with Crippen LogP contribution in [0.1, 0.15) is 322 Å². The van der Waals surface area contributed by atoms with E-state index in [0.717, 1.165) is 44.9 Å². The fraction of sp³-hybridized carbons (Fsp3) is 0.956. The van der Waals surface area contributed by atoms with E-state index in [9.17, 15) is 45.6 Å². The molecule has 0 aromatic rings. The van der Waals surface area contributed by atoms with Gasteiger partial charge in [-0.3, -0.25) is 4.79 Å². The van der Waals surface area contributed by atoms with Gasteiger partial charge in [-0.05, 0) is 19.3 Å². The maximum Gasteiger partial charge on any atom is 0.220 e. The van der Waals surface area contributed by atoms with E-state index in [1.54, 1.807) is 6.08 Å². The first-order valence-electron chi connectivity index (χ1n) is 34.9. The summed E-state index contributed by atoms with van der Waals surface area (Å²) in [5, 5.41) is 87.4. The molecular weight excluding hydrogens is 1040 g/mol. The number of rotatable bonds is 58. The van der Waals surface area contributed by atoms with Gasteiger partial charge in [0.05, 0.1) is 32.0 Å². The summed E-state index contributed by atoms with van der Waals surface area (Å²) in [5.74, 6) is -0.231. The maximum atomic E-state index is 13.3. The zero-order valence-electron chi connectivity index (χ0n) is 52.8. The van der Waals surface area contributed by atoms with Crippen molar-refractivity contribution in [1.29, 1.82) is 0 Å². The first-order valence-corrected chi connectivity index (χ1v) is 34.9. The number of ether oxygens (including phenoxy) is 4. The SMILES string of the molecule is CCCCCCCCCCCCCCCCCCCC/C=C/C(O)C(COC1OC(CO)C(OC2OC(CO)C(O)C(O)C2O)C(O)C1O)NC(=O)CCCCCCCCCCCCCCCCCCCCCCCCCCCCCC. The lowest BCUT2D eigenvalue weighted by Crippen LogP contribution is -2.65. The number of amides is 1. The molecule has 486 valence electrons. The number of aliphatic hydroxyl groups is 8. The molecular formula is C68H131NO13. The number of unbranched alkanes of at least 4 members (excludes halogenated alkanes) is 45. The van der Waals surface area contributed by atoms with Gasteiger partial charge >= 0.3 is 0 Å². The minimum Gasteiger partial charge on any atom is -0.394 e. The van der Waals surface area contributed by atoms with Crippen molar-refractivity contribution in [2.24, 2.45) is 0 Å². The second-order valence-corrected chi connectivity index (χ2v) is 25.0. The Morgan fingerprint density at radius 2 is 0.756 bits per heavy atom. The molecule has 2 heterocycles. The summed E-state index contributed by atoms with van der Waals surface area (Å²) in [5.41, 5.74) is 0. The zero-order chi connectivity index (χ0) is 59.5. The first kappa shape index (κ1) is 76.8. The number of hydrogen-bond donors (Lipinski definition) is 9. The van der Waals surface area contributed by atoms with Crippen LogP contribution in [-0.2, 0) is 23.7 Å². The number of hydrogen-bond acceptors (Lipinski definition) is 13. The van der Waals surface area contributed by atoms with E-state index in [1.807, 2.05) is 6.08 Å². The lowest BCUT2D eigenvalue weighted by atomic mass is 9.97. The monoisotopic (exact) mass is 1170 g/mol. The van der Waals surface area contributed by atoms with Crippen molar-refractivity contribution in [2.75, 3.05) is 19.8 Å². The molecule has 9 N–H and O–H groups in total. The average Bonchev–Trinajstić information content (AvgIpc) is 3.54. The van der Waals surface area contributed by atoms with E-state index in [2.05, 4.69) is 19.2 Å². The van der Waals surface area contributed by atoms with E-state index in [0.29, 0.717) is 0 Å². The molecule has 0 aliphatic carbocycles. The van der Waals surface area contributed by atoms with Gasteiger partial charge in [-0.2, -0.15) is 0 Å². The molecule has 2 aliphatic heterocycles. The highest BCUT2D eigenvalue weighted by Gasteiger charge is 2.51. The summed E-state index contributed by atoms with van der Waals surface area (Å²) in [7, 11) is 0. The van der Waals surface area contributed by atoms with Crippen LogP contribution in [-0.4, -0.2) is 140 Å². The molecule has 0 aromatic carbocycles. The van der Waals surface area contributed by atoms with Gasteiger partial charge in [-0.1, -0.05) is 309 Å². The highest BCUT2D eigenvalue weighted by Crippen LogP contribution is 2.30. The summed E-state index contributed by atoms with van der Waals surface area (Å²) in [6, 6.07) is -0.911. The van der Waals surface area contributed by atoms with Crippen molar-refractivity contribution in [2.45, 2.75) is 396 Å². The topological polar surface area (TPSA) is 228 Å². The van der Waals surface area contributed by atoms with Crippen LogP contribution >= 0.6 is 0 Å². The summed E-state index contributed by atoms with van der Waals surface area (Å²) >= 11 is 0. The number of carbonyl (C=O) groups is 1.